The third-order valence-corrected chi connectivity index (χ3v) is 5.80. The maximum absolute atomic E-state index is 14.1. The molecule has 2 unspecified atom stereocenters. The molecule has 2 aromatic heterocycles. The van der Waals surface area contributed by atoms with Crippen LogP contribution in [-0.4, -0.2) is 51.2 Å². The van der Waals surface area contributed by atoms with E-state index in [9.17, 15) is 9.18 Å². The summed E-state index contributed by atoms with van der Waals surface area (Å²) in [5.74, 6) is -0.0964. The summed E-state index contributed by atoms with van der Waals surface area (Å²) >= 11 is 0. The first kappa shape index (κ1) is 20.5. The number of aromatic nitrogens is 3. The van der Waals surface area contributed by atoms with Crippen molar-refractivity contribution in [2.24, 2.45) is 5.92 Å². The number of hydrogen-bond donors (Lipinski definition) is 2. The predicted octanol–water partition coefficient (Wildman–Crippen LogP) is 4.00. The van der Waals surface area contributed by atoms with E-state index in [1.165, 1.54) is 6.20 Å². The number of H-pyrrole nitrogens is 1. The molecular weight excluding hydrogens is 381 g/mol. The van der Waals surface area contributed by atoms with Gasteiger partial charge in [0, 0.05) is 42.3 Å². The van der Waals surface area contributed by atoms with Gasteiger partial charge in [-0.05, 0) is 55.5 Å². The molecule has 4 rings (SSSR count). The monoisotopic (exact) mass is 409 g/mol. The first-order chi connectivity index (χ1) is 14.4. The molecule has 1 aliphatic rings. The Morgan fingerprint density at radius 1 is 1.37 bits per heavy atom. The van der Waals surface area contributed by atoms with E-state index in [1.807, 2.05) is 6.07 Å². The number of halogens is 1. The molecule has 1 amide bonds. The third-order valence-electron chi connectivity index (χ3n) is 5.80. The quantitative estimate of drug-likeness (QED) is 0.625. The maximum atomic E-state index is 14.1. The molecule has 0 bridgehead atoms. The highest BCUT2D eigenvalue weighted by molar-refractivity contribution is 6.05. The van der Waals surface area contributed by atoms with Gasteiger partial charge in [-0.3, -0.25) is 9.89 Å². The van der Waals surface area contributed by atoms with Crippen LogP contribution in [-0.2, 0) is 0 Å². The molecule has 3 heterocycles. The number of hydrogen-bond acceptors (Lipinski definition) is 4. The Bertz CT molecular complexity index is 1050. The van der Waals surface area contributed by atoms with E-state index in [1.54, 1.807) is 24.3 Å². The van der Waals surface area contributed by atoms with Gasteiger partial charge in [0.2, 0.25) is 5.95 Å². The Morgan fingerprint density at radius 2 is 2.20 bits per heavy atom. The Balaban J connectivity index is 1.51. The molecule has 3 aromatic rings. The van der Waals surface area contributed by atoms with Gasteiger partial charge < -0.3 is 10.2 Å². The lowest BCUT2D eigenvalue weighted by Gasteiger charge is -2.38. The van der Waals surface area contributed by atoms with Gasteiger partial charge in [-0.25, -0.2) is 4.98 Å². The van der Waals surface area contributed by atoms with Crippen molar-refractivity contribution in [2.75, 3.05) is 13.1 Å². The summed E-state index contributed by atoms with van der Waals surface area (Å²) in [7, 11) is 0. The highest BCUT2D eigenvalue weighted by Crippen LogP contribution is 2.27. The second kappa shape index (κ2) is 8.52. The average molecular weight is 410 g/mol. The van der Waals surface area contributed by atoms with E-state index >= 15 is 0 Å². The summed E-state index contributed by atoms with van der Waals surface area (Å²) in [6, 6.07) is 9.33. The molecule has 6 nitrogen and oxygen atoms in total. The number of fused-ring (bicyclic) bond motifs is 1. The summed E-state index contributed by atoms with van der Waals surface area (Å²) in [6.07, 6.45) is 3.27. The maximum Gasteiger partial charge on any atom is 0.272 e. The number of carbonyl (C=O) groups excluding carboxylic acids is 1. The summed E-state index contributed by atoms with van der Waals surface area (Å²) in [5, 5.41) is 11.0. The van der Waals surface area contributed by atoms with Gasteiger partial charge in [-0.1, -0.05) is 19.9 Å². The van der Waals surface area contributed by atoms with Crippen LogP contribution in [0, 0.1) is 11.9 Å². The fraction of sp³-hybridized carbons (Fsp3) is 0.435. The molecule has 1 saturated heterocycles. The number of amides is 1. The van der Waals surface area contributed by atoms with Crippen LogP contribution in [0.3, 0.4) is 0 Å². The largest absolute Gasteiger partial charge is 0.348 e. The van der Waals surface area contributed by atoms with Crippen LogP contribution in [0.1, 0.15) is 44.1 Å². The minimum atomic E-state index is -0.534. The zero-order chi connectivity index (χ0) is 21.3. The molecule has 7 heteroatoms. The lowest BCUT2D eigenvalue weighted by atomic mass is 9.97. The van der Waals surface area contributed by atoms with Crippen molar-refractivity contribution in [3.63, 3.8) is 0 Å². The van der Waals surface area contributed by atoms with E-state index in [-0.39, 0.29) is 11.9 Å². The molecule has 30 heavy (non-hydrogen) atoms. The predicted molar refractivity (Wildman–Crippen MR) is 116 cm³/mol. The van der Waals surface area contributed by atoms with Crippen LogP contribution in [0.4, 0.5) is 4.39 Å². The van der Waals surface area contributed by atoms with Crippen molar-refractivity contribution >= 4 is 16.8 Å². The van der Waals surface area contributed by atoms with Gasteiger partial charge in [-0.2, -0.15) is 9.49 Å². The van der Waals surface area contributed by atoms with E-state index in [4.69, 9.17) is 0 Å². The van der Waals surface area contributed by atoms with Gasteiger partial charge >= 0.3 is 0 Å². The van der Waals surface area contributed by atoms with Crippen molar-refractivity contribution in [3.8, 4) is 11.1 Å². The Hall–Kier alpha value is -2.80. The third kappa shape index (κ3) is 4.21. The van der Waals surface area contributed by atoms with Gasteiger partial charge in [0.25, 0.3) is 5.91 Å². The standard InChI is InChI=1S/C23H28FN5O/c1-14(2)13-29-10-8-17(11-15(29)3)26-23(30)21-19-12-16(6-7-20(19)27-28-21)18-5-4-9-25-22(18)24/h4-7,9,12,14-15,17H,8,10-11,13H2,1-3H3,(H,26,30)(H,27,28). The number of pyridine rings is 1. The van der Waals surface area contributed by atoms with Crippen molar-refractivity contribution in [2.45, 2.75) is 45.7 Å². The van der Waals surface area contributed by atoms with Gasteiger partial charge in [0.15, 0.2) is 5.69 Å². The fourth-order valence-corrected chi connectivity index (χ4v) is 4.30. The number of piperidine rings is 1. The van der Waals surface area contributed by atoms with E-state index < -0.39 is 5.95 Å². The molecule has 2 N–H and O–H groups in total. The van der Waals surface area contributed by atoms with Crippen LogP contribution in [0.2, 0.25) is 0 Å². The number of nitrogens with zero attached hydrogens (tertiary/aromatic N) is 3. The number of benzene rings is 1. The lowest BCUT2D eigenvalue weighted by molar-refractivity contribution is 0.0856. The Morgan fingerprint density at radius 3 is 2.93 bits per heavy atom. The topological polar surface area (TPSA) is 73.9 Å². The normalized spacial score (nSPS) is 20.0. The fourth-order valence-electron chi connectivity index (χ4n) is 4.30. The molecule has 158 valence electrons. The molecule has 1 fully saturated rings. The molecule has 0 aliphatic carbocycles. The minimum absolute atomic E-state index is 0.126. The summed E-state index contributed by atoms with van der Waals surface area (Å²) in [5.41, 5.74) is 2.15. The van der Waals surface area contributed by atoms with E-state index in [0.717, 1.165) is 31.4 Å². The molecule has 2 atom stereocenters. The van der Waals surface area contributed by atoms with Crippen molar-refractivity contribution in [1.82, 2.24) is 25.4 Å². The van der Waals surface area contributed by atoms with Crippen LogP contribution in [0.5, 0.6) is 0 Å². The smallest absolute Gasteiger partial charge is 0.272 e. The second-order valence-electron chi connectivity index (χ2n) is 8.61. The lowest BCUT2D eigenvalue weighted by Crippen LogP contribution is -2.49. The highest BCUT2D eigenvalue weighted by Gasteiger charge is 2.28. The molecule has 0 spiro atoms. The molecule has 1 aromatic carbocycles. The average Bonchev–Trinajstić information content (AvgIpc) is 3.13. The molecule has 1 aliphatic heterocycles. The van der Waals surface area contributed by atoms with Gasteiger partial charge in [-0.15, -0.1) is 0 Å². The first-order valence-corrected chi connectivity index (χ1v) is 10.6. The molecular formula is C23H28FN5O. The number of nitrogens with one attached hydrogen (secondary N) is 2. The second-order valence-corrected chi connectivity index (χ2v) is 8.61. The highest BCUT2D eigenvalue weighted by atomic mass is 19.1. The van der Waals surface area contributed by atoms with Gasteiger partial charge in [0.1, 0.15) is 0 Å². The van der Waals surface area contributed by atoms with Crippen molar-refractivity contribution < 1.29 is 9.18 Å². The minimum Gasteiger partial charge on any atom is -0.348 e. The van der Waals surface area contributed by atoms with Gasteiger partial charge in [0.05, 0.1) is 5.52 Å². The number of rotatable bonds is 5. The Kier molecular flexibility index (Phi) is 5.81. The van der Waals surface area contributed by atoms with Crippen LogP contribution in [0.25, 0.3) is 22.0 Å². The summed E-state index contributed by atoms with van der Waals surface area (Å²) < 4.78 is 14.1. The van der Waals surface area contributed by atoms with E-state index in [2.05, 4.69) is 46.2 Å². The van der Waals surface area contributed by atoms with E-state index in [0.29, 0.717) is 34.2 Å². The van der Waals surface area contributed by atoms with Crippen LogP contribution < -0.4 is 5.32 Å². The zero-order valence-electron chi connectivity index (χ0n) is 17.7. The summed E-state index contributed by atoms with van der Waals surface area (Å²) in [6.45, 7) is 8.75. The van der Waals surface area contributed by atoms with Crippen LogP contribution in [0.15, 0.2) is 36.5 Å². The van der Waals surface area contributed by atoms with Crippen molar-refractivity contribution in [1.29, 1.82) is 0 Å². The Labute approximate surface area is 175 Å². The zero-order valence-corrected chi connectivity index (χ0v) is 17.7. The number of aromatic amines is 1. The molecule has 0 radical (unpaired) electrons. The molecule has 0 saturated carbocycles. The SMILES string of the molecule is CC(C)CN1CCC(NC(=O)c2n[nH]c3ccc(-c4cccnc4F)cc23)CC1C. The van der Waals surface area contributed by atoms with Crippen LogP contribution >= 0.6 is 0 Å². The first-order valence-electron chi connectivity index (χ1n) is 10.6. The number of likely N-dealkylation sites (tertiary alicyclic amines) is 1. The van der Waals surface area contributed by atoms with Crippen molar-refractivity contribution in [3.05, 3.63) is 48.2 Å². The number of carbonyl (C=O) groups is 1. The summed E-state index contributed by atoms with van der Waals surface area (Å²) in [4.78, 5) is 19.2.